The molecule has 144 valence electrons. The second-order valence-electron chi connectivity index (χ2n) is 6.85. The third-order valence-corrected chi connectivity index (χ3v) is 4.22. The van der Waals surface area contributed by atoms with Crippen LogP contribution in [0.1, 0.15) is 24.2 Å². The van der Waals surface area contributed by atoms with Crippen molar-refractivity contribution in [2.24, 2.45) is 5.92 Å². The number of nitrogens with one attached hydrogen (secondary N) is 2. The first-order valence-corrected chi connectivity index (χ1v) is 9.40. The van der Waals surface area contributed by atoms with Gasteiger partial charge in [0.05, 0.1) is 6.61 Å². The fraction of sp³-hybridized carbons (Fsp3) is 0.182. The standard InChI is InChI=1S/C22H22N2O3S/c1-14(2)13-27-18-7-3-6-16(12-18)21(26)24-22(28)23-20-8-4-5-15-11-17(25)9-10-19(15)20/h3-12,14,25H,13H2,1-2H3,(H2,23,24,26,28). The van der Waals surface area contributed by atoms with E-state index in [-0.39, 0.29) is 16.8 Å². The van der Waals surface area contributed by atoms with Gasteiger partial charge in [-0.1, -0.05) is 32.0 Å². The Kier molecular flexibility index (Phi) is 6.11. The number of hydrogen-bond donors (Lipinski definition) is 3. The number of carbonyl (C=O) groups excluding carboxylic acids is 1. The van der Waals surface area contributed by atoms with Crippen molar-refractivity contribution in [2.45, 2.75) is 13.8 Å². The molecule has 0 aliphatic heterocycles. The van der Waals surface area contributed by atoms with Gasteiger partial charge >= 0.3 is 0 Å². The van der Waals surface area contributed by atoms with Gasteiger partial charge in [-0.05, 0) is 66.0 Å². The fourth-order valence-corrected chi connectivity index (χ4v) is 2.90. The van der Waals surface area contributed by atoms with Crippen molar-refractivity contribution >= 4 is 39.7 Å². The molecule has 3 aromatic carbocycles. The zero-order chi connectivity index (χ0) is 20.1. The van der Waals surface area contributed by atoms with Gasteiger partial charge in [-0.15, -0.1) is 0 Å². The second-order valence-corrected chi connectivity index (χ2v) is 7.26. The highest BCUT2D eigenvalue weighted by atomic mass is 32.1. The molecule has 0 saturated heterocycles. The number of benzene rings is 3. The lowest BCUT2D eigenvalue weighted by Gasteiger charge is -2.13. The molecule has 5 nitrogen and oxygen atoms in total. The minimum Gasteiger partial charge on any atom is -0.508 e. The number of anilines is 1. The van der Waals surface area contributed by atoms with Gasteiger partial charge < -0.3 is 15.2 Å². The van der Waals surface area contributed by atoms with Crippen molar-refractivity contribution in [3.8, 4) is 11.5 Å². The molecule has 3 aromatic rings. The van der Waals surface area contributed by atoms with Gasteiger partial charge in [-0.25, -0.2) is 0 Å². The van der Waals surface area contributed by atoms with Crippen LogP contribution in [0.25, 0.3) is 10.8 Å². The van der Waals surface area contributed by atoms with Crippen molar-refractivity contribution in [2.75, 3.05) is 11.9 Å². The number of phenolic OH excluding ortho intramolecular Hbond substituents is 1. The predicted octanol–water partition coefficient (Wildman–Crippen LogP) is 4.71. The van der Waals surface area contributed by atoms with Gasteiger partial charge in [-0.3, -0.25) is 10.1 Å². The molecule has 0 aliphatic carbocycles. The highest BCUT2D eigenvalue weighted by molar-refractivity contribution is 7.80. The smallest absolute Gasteiger partial charge is 0.257 e. The number of aromatic hydroxyl groups is 1. The minimum atomic E-state index is -0.314. The molecule has 0 aromatic heterocycles. The van der Waals surface area contributed by atoms with E-state index in [9.17, 15) is 9.90 Å². The van der Waals surface area contributed by atoms with E-state index in [1.54, 1.807) is 36.4 Å². The van der Waals surface area contributed by atoms with Crippen molar-refractivity contribution in [3.63, 3.8) is 0 Å². The van der Waals surface area contributed by atoms with Crippen LogP contribution in [0.3, 0.4) is 0 Å². The Morgan fingerprint density at radius 3 is 2.68 bits per heavy atom. The van der Waals surface area contributed by atoms with Gasteiger partial charge in [0.25, 0.3) is 5.91 Å². The molecule has 0 saturated carbocycles. The molecule has 0 fully saturated rings. The average molecular weight is 394 g/mol. The summed E-state index contributed by atoms with van der Waals surface area (Å²) in [5.41, 5.74) is 1.21. The topological polar surface area (TPSA) is 70.6 Å². The number of amides is 1. The first kappa shape index (κ1) is 19.6. The Hall–Kier alpha value is -3.12. The van der Waals surface area contributed by atoms with E-state index in [1.165, 1.54) is 0 Å². The van der Waals surface area contributed by atoms with Crippen LogP contribution in [-0.4, -0.2) is 22.7 Å². The number of thiocarbonyl (C=S) groups is 1. The largest absolute Gasteiger partial charge is 0.508 e. The Morgan fingerprint density at radius 2 is 1.89 bits per heavy atom. The van der Waals surface area contributed by atoms with Gasteiger partial charge in [0, 0.05) is 16.6 Å². The van der Waals surface area contributed by atoms with E-state index in [0.717, 1.165) is 16.5 Å². The van der Waals surface area contributed by atoms with E-state index in [2.05, 4.69) is 24.5 Å². The van der Waals surface area contributed by atoms with E-state index in [4.69, 9.17) is 17.0 Å². The number of carbonyl (C=O) groups is 1. The molecule has 0 heterocycles. The van der Waals surface area contributed by atoms with Crippen LogP contribution in [0.2, 0.25) is 0 Å². The third kappa shape index (κ3) is 4.98. The SMILES string of the molecule is CC(C)COc1cccc(C(=O)NC(=S)Nc2cccc3cc(O)ccc23)c1. The molecule has 0 spiro atoms. The number of hydrogen-bond acceptors (Lipinski definition) is 4. The number of ether oxygens (including phenoxy) is 1. The van der Waals surface area contributed by atoms with Gasteiger partial charge in [0.1, 0.15) is 11.5 Å². The molecule has 3 rings (SSSR count). The van der Waals surface area contributed by atoms with Crippen molar-refractivity contribution in [1.29, 1.82) is 0 Å². The molecular formula is C22H22N2O3S. The molecule has 0 aliphatic rings. The lowest BCUT2D eigenvalue weighted by atomic mass is 10.1. The zero-order valence-electron chi connectivity index (χ0n) is 15.7. The van der Waals surface area contributed by atoms with Crippen molar-refractivity contribution in [1.82, 2.24) is 5.32 Å². The van der Waals surface area contributed by atoms with Crippen LogP contribution in [0, 0.1) is 5.92 Å². The van der Waals surface area contributed by atoms with E-state index in [0.29, 0.717) is 23.8 Å². The van der Waals surface area contributed by atoms with Crippen LogP contribution in [0.5, 0.6) is 11.5 Å². The number of fused-ring (bicyclic) bond motifs is 1. The first-order chi connectivity index (χ1) is 13.4. The summed E-state index contributed by atoms with van der Waals surface area (Å²) in [6, 6.07) is 17.7. The minimum absolute atomic E-state index is 0.194. The lowest BCUT2D eigenvalue weighted by molar-refractivity contribution is 0.0977. The summed E-state index contributed by atoms with van der Waals surface area (Å²) in [5.74, 6) is 0.927. The maximum absolute atomic E-state index is 12.5. The summed E-state index contributed by atoms with van der Waals surface area (Å²) in [4.78, 5) is 12.5. The lowest BCUT2D eigenvalue weighted by Crippen LogP contribution is -2.34. The number of phenols is 1. The fourth-order valence-electron chi connectivity index (χ4n) is 2.70. The summed E-state index contributed by atoms with van der Waals surface area (Å²) in [6.45, 7) is 4.71. The summed E-state index contributed by atoms with van der Waals surface area (Å²) in [5, 5.41) is 17.3. The van der Waals surface area contributed by atoms with Crippen LogP contribution >= 0.6 is 12.2 Å². The molecule has 1 amide bonds. The van der Waals surface area contributed by atoms with Crippen LogP contribution in [0.15, 0.2) is 60.7 Å². The zero-order valence-corrected chi connectivity index (χ0v) is 16.5. The normalized spacial score (nSPS) is 10.7. The molecule has 0 bridgehead atoms. The molecule has 0 atom stereocenters. The Morgan fingerprint density at radius 1 is 1.11 bits per heavy atom. The van der Waals surface area contributed by atoms with Gasteiger partial charge in [0.2, 0.25) is 0 Å². The molecule has 3 N–H and O–H groups in total. The summed E-state index contributed by atoms with van der Waals surface area (Å²) < 4.78 is 5.67. The van der Waals surface area contributed by atoms with Crippen LogP contribution in [0.4, 0.5) is 5.69 Å². The molecule has 28 heavy (non-hydrogen) atoms. The van der Waals surface area contributed by atoms with Crippen LogP contribution < -0.4 is 15.4 Å². The van der Waals surface area contributed by atoms with Gasteiger partial charge in [0.15, 0.2) is 5.11 Å². The summed E-state index contributed by atoms with van der Waals surface area (Å²) >= 11 is 5.30. The summed E-state index contributed by atoms with van der Waals surface area (Å²) in [6.07, 6.45) is 0. The average Bonchev–Trinajstić information content (AvgIpc) is 2.66. The molecule has 0 unspecified atom stereocenters. The maximum Gasteiger partial charge on any atom is 0.257 e. The van der Waals surface area contributed by atoms with Crippen molar-refractivity contribution < 1.29 is 14.6 Å². The Bertz CT molecular complexity index is 1020. The van der Waals surface area contributed by atoms with E-state index >= 15 is 0 Å². The Balaban J connectivity index is 1.68. The highest BCUT2D eigenvalue weighted by Crippen LogP contribution is 2.26. The van der Waals surface area contributed by atoms with E-state index in [1.807, 2.05) is 24.3 Å². The second kappa shape index (κ2) is 8.71. The van der Waals surface area contributed by atoms with Gasteiger partial charge in [-0.2, -0.15) is 0 Å². The van der Waals surface area contributed by atoms with E-state index < -0.39 is 0 Å². The highest BCUT2D eigenvalue weighted by Gasteiger charge is 2.10. The van der Waals surface area contributed by atoms with Crippen LogP contribution in [-0.2, 0) is 0 Å². The predicted molar refractivity (Wildman–Crippen MR) is 116 cm³/mol. The molecule has 0 radical (unpaired) electrons. The quantitative estimate of drug-likeness (QED) is 0.547. The monoisotopic (exact) mass is 394 g/mol. The third-order valence-electron chi connectivity index (χ3n) is 4.02. The molecular weight excluding hydrogens is 372 g/mol. The number of rotatable bonds is 5. The first-order valence-electron chi connectivity index (χ1n) is 8.99. The summed E-state index contributed by atoms with van der Waals surface area (Å²) in [7, 11) is 0. The Labute approximate surface area is 169 Å². The van der Waals surface area contributed by atoms with Crippen molar-refractivity contribution in [3.05, 3.63) is 66.2 Å². The maximum atomic E-state index is 12.5. The molecule has 6 heteroatoms.